The fraction of sp³-hybridized carbons (Fsp3) is 0.463. The third-order valence-electron chi connectivity index (χ3n) is 9.09. The van der Waals surface area contributed by atoms with Gasteiger partial charge in [-0.25, -0.2) is 23.0 Å². The Morgan fingerprint density at radius 1 is 0.800 bits per heavy atom. The summed E-state index contributed by atoms with van der Waals surface area (Å²) >= 11 is 0. The zero-order valence-electron chi connectivity index (χ0n) is 33.4. The van der Waals surface area contributed by atoms with Crippen LogP contribution in [0.15, 0.2) is 60.7 Å². The molecule has 4 aromatic rings. The molecule has 2 amide bonds. The van der Waals surface area contributed by atoms with Crippen LogP contribution in [0.25, 0.3) is 11.0 Å². The van der Waals surface area contributed by atoms with Gasteiger partial charge in [0.2, 0.25) is 0 Å². The molecule has 0 atom stereocenters. The number of nitriles is 1. The number of nitrogens with one attached hydrogen (secondary N) is 2. The van der Waals surface area contributed by atoms with Crippen molar-refractivity contribution in [2.45, 2.75) is 74.3 Å². The number of para-hydroxylation sites is 2. The first kappa shape index (κ1) is 44.1. The Morgan fingerprint density at radius 3 is 1.82 bits per heavy atom. The number of sulfone groups is 1. The SMILES string of the molecule is CCCCn1c(CCOC(=O)Nc2ccc(N(CC)CC)cc2C)nc2ccccc21.CCN(CC)c1ccc(NC(=O)OCCS(=O)(=O)CC#N)c(C)c1. The van der Waals surface area contributed by atoms with Crippen molar-refractivity contribution in [3.05, 3.63) is 77.6 Å². The minimum absolute atomic E-state index is 0.285. The van der Waals surface area contributed by atoms with Gasteiger partial charge in [0.15, 0.2) is 9.84 Å². The van der Waals surface area contributed by atoms with Crippen molar-refractivity contribution < 1.29 is 27.5 Å². The van der Waals surface area contributed by atoms with Crippen LogP contribution < -0.4 is 20.4 Å². The molecule has 55 heavy (non-hydrogen) atoms. The maximum atomic E-state index is 12.3. The second-order valence-corrected chi connectivity index (χ2v) is 15.1. The predicted molar refractivity (Wildman–Crippen MR) is 222 cm³/mol. The van der Waals surface area contributed by atoms with Gasteiger partial charge in [-0.2, -0.15) is 5.26 Å². The number of carbonyl (C=O) groups is 2. The number of fused-ring (bicyclic) bond motifs is 1. The van der Waals surface area contributed by atoms with Crippen molar-refractivity contribution in [3.8, 4) is 6.07 Å². The summed E-state index contributed by atoms with van der Waals surface area (Å²) in [5, 5.41) is 13.8. The molecule has 0 saturated heterocycles. The molecule has 0 fully saturated rings. The molecule has 3 aromatic carbocycles. The summed E-state index contributed by atoms with van der Waals surface area (Å²) in [5.41, 5.74) is 7.63. The van der Waals surface area contributed by atoms with Crippen LogP contribution in [0.4, 0.5) is 32.3 Å². The molecule has 13 nitrogen and oxygen atoms in total. The highest BCUT2D eigenvalue weighted by Gasteiger charge is 2.15. The van der Waals surface area contributed by atoms with Crippen molar-refractivity contribution >= 4 is 55.8 Å². The quantitative estimate of drug-likeness (QED) is 0.101. The van der Waals surface area contributed by atoms with E-state index in [9.17, 15) is 18.0 Å². The minimum Gasteiger partial charge on any atom is -0.449 e. The van der Waals surface area contributed by atoms with Gasteiger partial charge in [-0.15, -0.1) is 0 Å². The smallest absolute Gasteiger partial charge is 0.411 e. The summed E-state index contributed by atoms with van der Waals surface area (Å²) in [5.74, 6) is 0.0137. The number of aryl methyl sites for hydroxylation is 3. The highest BCUT2D eigenvalue weighted by Crippen LogP contribution is 2.24. The Balaban J connectivity index is 0.000000306. The molecule has 0 unspecified atom stereocenters. The first-order valence-corrected chi connectivity index (χ1v) is 20.8. The van der Waals surface area contributed by atoms with Crippen LogP contribution in [0.3, 0.4) is 0 Å². The Morgan fingerprint density at radius 2 is 1.33 bits per heavy atom. The molecule has 0 saturated carbocycles. The number of ether oxygens (including phenoxy) is 2. The van der Waals surface area contributed by atoms with Crippen LogP contribution in [0.2, 0.25) is 0 Å². The van der Waals surface area contributed by atoms with Gasteiger partial charge < -0.3 is 23.8 Å². The van der Waals surface area contributed by atoms with E-state index in [0.29, 0.717) is 12.1 Å². The van der Waals surface area contributed by atoms with E-state index in [-0.39, 0.29) is 19.0 Å². The molecule has 14 heteroatoms. The van der Waals surface area contributed by atoms with Crippen LogP contribution in [-0.4, -0.2) is 81.1 Å². The van der Waals surface area contributed by atoms with Gasteiger partial charge in [-0.3, -0.25) is 10.6 Å². The van der Waals surface area contributed by atoms with Gasteiger partial charge in [0.05, 0.1) is 22.9 Å². The molecule has 4 rings (SSSR count). The molecule has 298 valence electrons. The zero-order chi connectivity index (χ0) is 40.4. The number of hydrogen-bond acceptors (Lipinski definition) is 10. The van der Waals surface area contributed by atoms with E-state index >= 15 is 0 Å². The van der Waals surface area contributed by atoms with E-state index in [1.807, 2.05) is 56.3 Å². The first-order chi connectivity index (χ1) is 26.4. The predicted octanol–water partition coefficient (Wildman–Crippen LogP) is 8.11. The summed E-state index contributed by atoms with van der Waals surface area (Å²) in [6.45, 7) is 19.1. The number of amides is 2. The number of imidazole rings is 1. The summed E-state index contributed by atoms with van der Waals surface area (Å²) in [6.07, 6.45) is 1.65. The molecule has 0 aliphatic heterocycles. The number of nitrogens with zero attached hydrogens (tertiary/aromatic N) is 5. The summed E-state index contributed by atoms with van der Waals surface area (Å²) in [6, 6.07) is 21.5. The fourth-order valence-electron chi connectivity index (χ4n) is 5.99. The highest BCUT2D eigenvalue weighted by atomic mass is 32.2. The lowest BCUT2D eigenvalue weighted by Crippen LogP contribution is -2.22. The normalized spacial score (nSPS) is 10.9. The molecule has 1 aromatic heterocycles. The lowest BCUT2D eigenvalue weighted by Gasteiger charge is -2.22. The molecule has 1 heterocycles. The lowest BCUT2D eigenvalue weighted by molar-refractivity contribution is 0.162. The minimum atomic E-state index is -3.50. The van der Waals surface area contributed by atoms with Gasteiger partial charge in [0.1, 0.15) is 24.8 Å². The van der Waals surface area contributed by atoms with E-state index in [1.165, 1.54) is 0 Å². The van der Waals surface area contributed by atoms with Crippen LogP contribution >= 0.6 is 0 Å². The molecular formula is C41H57N7O6S. The standard InChI is InChI=1S/C25H34N4O2.C16H23N3O4S/c1-5-8-16-29-23-12-10-9-11-22(23)26-24(29)15-17-31-25(30)27-21-14-13-20(18-19(21)4)28(6-2)7-3;1-4-19(5-2)14-6-7-15(13(3)12-14)18-16(20)23-9-11-24(21,22)10-8-17/h9-14,18H,5-8,15-17H2,1-4H3,(H,27,30);6-7,12H,4-5,9-11H2,1-3H3,(H,18,20). The van der Waals surface area contributed by atoms with Gasteiger partial charge in [0.25, 0.3) is 0 Å². The van der Waals surface area contributed by atoms with E-state index in [1.54, 1.807) is 12.1 Å². The first-order valence-electron chi connectivity index (χ1n) is 19.0. The van der Waals surface area contributed by atoms with Crippen molar-refractivity contribution in [2.75, 3.05) is 71.3 Å². The second kappa shape index (κ2) is 22.2. The van der Waals surface area contributed by atoms with Crippen molar-refractivity contribution in [1.82, 2.24) is 9.55 Å². The summed E-state index contributed by atoms with van der Waals surface area (Å²) in [7, 11) is -3.50. The Bertz CT molecular complexity index is 2000. The number of carbonyl (C=O) groups excluding carboxylic acids is 2. The third kappa shape index (κ3) is 13.5. The molecule has 0 bridgehead atoms. The maximum Gasteiger partial charge on any atom is 0.411 e. The lowest BCUT2D eigenvalue weighted by atomic mass is 10.1. The molecular weight excluding hydrogens is 719 g/mol. The van der Waals surface area contributed by atoms with Gasteiger partial charge in [0, 0.05) is 61.9 Å². The average molecular weight is 776 g/mol. The maximum absolute atomic E-state index is 12.3. The number of benzene rings is 3. The topological polar surface area (TPSA) is 159 Å². The van der Waals surface area contributed by atoms with Crippen molar-refractivity contribution in [1.29, 1.82) is 5.26 Å². The average Bonchev–Trinajstić information content (AvgIpc) is 3.51. The number of anilines is 4. The summed E-state index contributed by atoms with van der Waals surface area (Å²) < 4.78 is 35.3. The zero-order valence-corrected chi connectivity index (χ0v) is 34.2. The van der Waals surface area contributed by atoms with Crippen LogP contribution in [-0.2, 0) is 32.3 Å². The largest absolute Gasteiger partial charge is 0.449 e. The molecule has 2 N–H and O–H groups in total. The van der Waals surface area contributed by atoms with E-state index in [2.05, 4.69) is 71.8 Å². The van der Waals surface area contributed by atoms with E-state index in [0.717, 1.165) is 90.6 Å². The van der Waals surface area contributed by atoms with Gasteiger partial charge >= 0.3 is 12.2 Å². The fourth-order valence-corrected chi connectivity index (χ4v) is 6.67. The second-order valence-electron chi connectivity index (χ2n) is 12.9. The van der Waals surface area contributed by atoms with Crippen molar-refractivity contribution in [2.24, 2.45) is 0 Å². The number of hydrogen-bond donors (Lipinski definition) is 2. The third-order valence-corrected chi connectivity index (χ3v) is 10.4. The number of unbranched alkanes of at least 4 members (excludes halogenated alkanes) is 1. The molecule has 0 radical (unpaired) electrons. The number of aromatic nitrogens is 2. The Kier molecular flexibility index (Phi) is 17.8. The van der Waals surface area contributed by atoms with Crippen LogP contribution in [0, 0.1) is 25.2 Å². The molecule has 0 spiro atoms. The monoisotopic (exact) mass is 775 g/mol. The molecule has 0 aliphatic rings. The Hall–Kier alpha value is -5.29. The number of rotatable bonds is 18. The van der Waals surface area contributed by atoms with E-state index in [4.69, 9.17) is 19.7 Å². The molecule has 0 aliphatic carbocycles. The Labute approximate surface area is 326 Å². The summed E-state index contributed by atoms with van der Waals surface area (Å²) in [4.78, 5) is 33.3. The van der Waals surface area contributed by atoms with Crippen LogP contribution in [0.1, 0.15) is 64.4 Å². The van der Waals surface area contributed by atoms with Gasteiger partial charge in [-0.1, -0.05) is 25.5 Å². The van der Waals surface area contributed by atoms with Crippen molar-refractivity contribution in [3.63, 3.8) is 0 Å². The van der Waals surface area contributed by atoms with E-state index < -0.39 is 27.8 Å². The van der Waals surface area contributed by atoms with Crippen LogP contribution in [0.5, 0.6) is 0 Å². The van der Waals surface area contributed by atoms with Gasteiger partial charge in [-0.05, 0) is 108 Å². The highest BCUT2D eigenvalue weighted by molar-refractivity contribution is 7.91.